The fourth-order valence-corrected chi connectivity index (χ4v) is 1.52. The summed E-state index contributed by atoms with van der Waals surface area (Å²) in [4.78, 5) is 40.2. The van der Waals surface area contributed by atoms with E-state index in [1.54, 1.807) is 0 Å². The third-order valence-electron chi connectivity index (χ3n) is 2.33. The Labute approximate surface area is 164 Å². The Kier molecular flexibility index (Phi) is 20.2. The van der Waals surface area contributed by atoms with Crippen LogP contribution in [0.1, 0.15) is 12.8 Å². The number of carbonyl (C=O) groups excluding carboxylic acids is 3. The molecule has 0 bridgehead atoms. The maximum atomic E-state index is 10.5. The van der Waals surface area contributed by atoms with E-state index in [1.807, 2.05) is 0 Å². The molecule has 0 unspecified atom stereocenters. The van der Waals surface area contributed by atoms with Gasteiger partial charge in [0.1, 0.15) is 0 Å². The van der Waals surface area contributed by atoms with E-state index in [9.17, 15) is 27.6 Å². The van der Waals surface area contributed by atoms with Gasteiger partial charge in [-0.15, -0.1) is 0 Å². The molecule has 0 aromatic rings. The van der Waals surface area contributed by atoms with Crippen molar-refractivity contribution in [2.45, 2.75) is 12.8 Å². The first-order valence-corrected chi connectivity index (χ1v) is 9.41. The maximum Gasteiger partial charge on any atom is 0.376 e. The van der Waals surface area contributed by atoms with Crippen LogP contribution >= 0.6 is 0 Å². The standard InChI is InChI=1S/C6H12N2O.C6H11NO4S.C4H4O3/c1-2-6(9)8-5-3-4-7;1-2-6(8)7-4-3-5-12(9,10)11;1-2-3(5)4(6)7/h2H,1,3-5,7H2,(H,8,9);2H,1,3-5H2,(H,7,8)(H,9,10,11);2H,1H2,(H,6,7). The molecular weight excluding hydrogens is 394 g/mol. The molecule has 11 nitrogen and oxygen atoms in total. The Morgan fingerprint density at radius 1 is 0.893 bits per heavy atom. The minimum absolute atomic E-state index is 0.136. The van der Waals surface area contributed by atoms with E-state index in [0.29, 0.717) is 13.1 Å². The van der Waals surface area contributed by atoms with Crippen molar-refractivity contribution in [1.29, 1.82) is 0 Å². The minimum atomic E-state index is -3.91. The minimum Gasteiger partial charge on any atom is -0.475 e. The van der Waals surface area contributed by atoms with E-state index in [-0.39, 0.29) is 30.5 Å². The van der Waals surface area contributed by atoms with Crippen LogP contribution in [0.25, 0.3) is 0 Å². The zero-order chi connectivity index (χ0) is 22.6. The second kappa shape index (κ2) is 18.9. The molecule has 28 heavy (non-hydrogen) atoms. The van der Waals surface area contributed by atoms with Crippen LogP contribution < -0.4 is 16.4 Å². The van der Waals surface area contributed by atoms with Crippen LogP contribution in [-0.2, 0) is 29.3 Å². The van der Waals surface area contributed by atoms with Gasteiger partial charge >= 0.3 is 5.97 Å². The number of nitrogens with two attached hydrogens (primary N) is 1. The lowest BCUT2D eigenvalue weighted by molar-refractivity contribution is -0.146. The SMILES string of the molecule is C=CC(=O)C(=O)O.C=CC(=O)NCCCN.C=CC(=O)NCCCS(=O)(=O)O. The predicted octanol–water partition coefficient (Wildman–Crippen LogP) is -0.970. The summed E-state index contributed by atoms with van der Waals surface area (Å²) in [6, 6.07) is 0. The van der Waals surface area contributed by atoms with Crippen molar-refractivity contribution in [2.24, 2.45) is 5.73 Å². The summed E-state index contributed by atoms with van der Waals surface area (Å²) in [5, 5.41) is 12.7. The molecule has 0 rings (SSSR count). The number of ketones is 1. The predicted molar refractivity (Wildman–Crippen MR) is 104 cm³/mol. The highest BCUT2D eigenvalue weighted by Crippen LogP contribution is 1.86. The number of hydrogen-bond donors (Lipinski definition) is 5. The first kappa shape index (κ1) is 29.9. The third kappa shape index (κ3) is 28.0. The quantitative estimate of drug-likeness (QED) is 0.121. The monoisotopic (exact) mass is 421 g/mol. The maximum absolute atomic E-state index is 10.5. The first-order chi connectivity index (χ1) is 12.9. The summed E-state index contributed by atoms with van der Waals surface area (Å²) in [5.41, 5.74) is 5.18. The van der Waals surface area contributed by atoms with Gasteiger partial charge in [0.05, 0.1) is 5.75 Å². The lowest BCUT2D eigenvalue weighted by Crippen LogP contribution is -2.23. The van der Waals surface area contributed by atoms with Gasteiger partial charge in [-0.2, -0.15) is 8.42 Å². The number of amides is 2. The Hall–Kier alpha value is -2.83. The highest BCUT2D eigenvalue weighted by molar-refractivity contribution is 7.85. The highest BCUT2D eigenvalue weighted by Gasteiger charge is 2.03. The van der Waals surface area contributed by atoms with E-state index in [4.69, 9.17) is 15.4 Å². The summed E-state index contributed by atoms with van der Waals surface area (Å²) in [6.45, 7) is 10.9. The normalized spacial score (nSPS) is 9.21. The molecule has 0 saturated heterocycles. The molecule has 0 atom stereocenters. The van der Waals surface area contributed by atoms with Crippen molar-refractivity contribution in [3.63, 3.8) is 0 Å². The molecule has 0 heterocycles. The van der Waals surface area contributed by atoms with Crippen molar-refractivity contribution in [3.05, 3.63) is 38.0 Å². The molecule has 160 valence electrons. The Morgan fingerprint density at radius 3 is 1.57 bits per heavy atom. The number of hydrogen-bond acceptors (Lipinski definition) is 7. The molecule has 0 aromatic heterocycles. The van der Waals surface area contributed by atoms with Crippen molar-refractivity contribution in [3.8, 4) is 0 Å². The first-order valence-electron chi connectivity index (χ1n) is 7.80. The number of nitrogens with one attached hydrogen (secondary N) is 2. The van der Waals surface area contributed by atoms with Crippen LogP contribution in [0, 0.1) is 0 Å². The van der Waals surface area contributed by atoms with Crippen molar-refractivity contribution < 1.29 is 37.3 Å². The second-order valence-corrected chi connectivity index (χ2v) is 6.22. The highest BCUT2D eigenvalue weighted by atomic mass is 32.2. The van der Waals surface area contributed by atoms with Crippen molar-refractivity contribution in [2.75, 3.05) is 25.4 Å². The largest absolute Gasteiger partial charge is 0.475 e. The van der Waals surface area contributed by atoms with E-state index in [0.717, 1.165) is 18.6 Å². The molecule has 12 heteroatoms. The molecule has 0 aliphatic heterocycles. The molecule has 0 spiro atoms. The number of aliphatic carboxylic acids is 1. The molecule has 6 N–H and O–H groups in total. The lowest BCUT2D eigenvalue weighted by Gasteiger charge is -1.99. The molecule has 0 aromatic carbocycles. The molecule has 0 radical (unpaired) electrons. The van der Waals surface area contributed by atoms with Crippen molar-refractivity contribution >= 4 is 33.7 Å². The van der Waals surface area contributed by atoms with Gasteiger partial charge in [0, 0.05) is 13.1 Å². The molecule has 0 fully saturated rings. The molecule has 0 saturated carbocycles. The average molecular weight is 421 g/mol. The van der Waals surface area contributed by atoms with Crippen molar-refractivity contribution in [1.82, 2.24) is 10.6 Å². The second-order valence-electron chi connectivity index (χ2n) is 4.65. The summed E-state index contributed by atoms with van der Waals surface area (Å²) in [5.74, 6) is -3.27. The topological polar surface area (TPSA) is 193 Å². The van der Waals surface area contributed by atoms with Crippen LogP contribution in [-0.4, -0.2) is 67.0 Å². The Morgan fingerprint density at radius 2 is 1.32 bits per heavy atom. The number of carbonyl (C=O) groups is 4. The van der Waals surface area contributed by atoms with Gasteiger partial charge in [0.2, 0.25) is 11.8 Å². The number of carboxylic acid groups (broad SMARTS) is 1. The Balaban J connectivity index is -0.000000349. The van der Waals surface area contributed by atoms with Gasteiger partial charge in [-0.25, -0.2) is 4.79 Å². The lowest BCUT2D eigenvalue weighted by atomic mass is 10.4. The summed E-state index contributed by atoms with van der Waals surface area (Å²) >= 11 is 0. The summed E-state index contributed by atoms with van der Waals surface area (Å²) < 4.78 is 28.6. The average Bonchev–Trinajstić information content (AvgIpc) is 2.64. The van der Waals surface area contributed by atoms with Gasteiger partial charge in [0.15, 0.2) is 0 Å². The van der Waals surface area contributed by atoms with Gasteiger partial charge < -0.3 is 21.5 Å². The van der Waals surface area contributed by atoms with Gasteiger partial charge in [0.25, 0.3) is 15.9 Å². The van der Waals surface area contributed by atoms with E-state index in [1.165, 1.54) is 6.08 Å². The van der Waals surface area contributed by atoms with Crippen LogP contribution in [0.2, 0.25) is 0 Å². The van der Waals surface area contributed by atoms with E-state index < -0.39 is 21.9 Å². The van der Waals surface area contributed by atoms with E-state index in [2.05, 4.69) is 30.4 Å². The van der Waals surface area contributed by atoms with Crippen LogP contribution in [0.3, 0.4) is 0 Å². The van der Waals surface area contributed by atoms with Gasteiger partial charge in [-0.05, 0) is 37.6 Å². The van der Waals surface area contributed by atoms with Gasteiger partial charge in [-0.1, -0.05) is 19.7 Å². The number of rotatable bonds is 11. The van der Waals surface area contributed by atoms with Crippen LogP contribution in [0.5, 0.6) is 0 Å². The molecule has 0 aliphatic rings. The third-order valence-corrected chi connectivity index (χ3v) is 3.13. The molecule has 0 aliphatic carbocycles. The fraction of sp³-hybridized carbons (Fsp3) is 0.375. The van der Waals surface area contributed by atoms with Crippen LogP contribution in [0.4, 0.5) is 0 Å². The zero-order valence-corrected chi connectivity index (χ0v) is 16.2. The summed E-state index contributed by atoms with van der Waals surface area (Å²) in [7, 11) is -3.91. The Bertz CT molecular complexity index is 644. The zero-order valence-electron chi connectivity index (χ0n) is 15.4. The summed E-state index contributed by atoms with van der Waals surface area (Å²) in [6.07, 6.45) is 4.10. The van der Waals surface area contributed by atoms with Gasteiger partial charge in [-0.3, -0.25) is 18.9 Å². The van der Waals surface area contributed by atoms with E-state index >= 15 is 0 Å². The van der Waals surface area contributed by atoms with Crippen LogP contribution in [0.15, 0.2) is 38.0 Å². The number of carboxylic acids is 1. The fourth-order valence-electron chi connectivity index (χ4n) is 1.01. The molecular formula is C16H27N3O8S. The smallest absolute Gasteiger partial charge is 0.376 e. The molecule has 2 amide bonds.